The van der Waals surface area contributed by atoms with Crippen LogP contribution in [0.2, 0.25) is 5.02 Å². The number of rotatable bonds is 6. The third-order valence-electron chi connectivity index (χ3n) is 4.14. The zero-order chi connectivity index (χ0) is 21.0. The maximum Gasteiger partial charge on any atom is 0.266 e. The smallest absolute Gasteiger partial charge is 0.266 e. The first-order valence-corrected chi connectivity index (χ1v) is 10.2. The van der Waals surface area contributed by atoms with Crippen LogP contribution in [0, 0.1) is 0 Å². The van der Waals surface area contributed by atoms with Gasteiger partial charge < -0.3 is 15.5 Å². The number of nitrogens with one attached hydrogen (secondary N) is 1. The normalized spacial score (nSPS) is 15.2. The molecule has 1 aliphatic heterocycles. The summed E-state index contributed by atoms with van der Waals surface area (Å²) in [6, 6.07) is 11.6. The molecule has 3 rings (SSSR count). The third-order valence-corrected chi connectivity index (χ3v) is 5.86. The standard InChI is InChI=1S/C20H17ClN2O4S2/c21-14-4-2-1-3-13(14)10-17-19(27)23(20(28)29-17)11-18(26)22-8-7-12-5-6-15(24)16(25)9-12/h1-6,9-10,24-25H,7-8,11H2,(H,22,26). The van der Waals surface area contributed by atoms with Crippen molar-refractivity contribution in [3.63, 3.8) is 0 Å². The Morgan fingerprint density at radius 3 is 2.69 bits per heavy atom. The summed E-state index contributed by atoms with van der Waals surface area (Å²) < 4.78 is 0.312. The number of hydrogen-bond donors (Lipinski definition) is 3. The highest BCUT2D eigenvalue weighted by Crippen LogP contribution is 2.33. The van der Waals surface area contributed by atoms with E-state index in [9.17, 15) is 19.8 Å². The molecular weight excluding hydrogens is 432 g/mol. The summed E-state index contributed by atoms with van der Waals surface area (Å²) in [6.45, 7) is 0.138. The Labute approximate surface area is 182 Å². The van der Waals surface area contributed by atoms with Crippen LogP contribution >= 0.6 is 35.6 Å². The SMILES string of the molecule is O=C(CN1C(=O)C(=Cc2ccccc2Cl)SC1=S)NCCc1ccc(O)c(O)c1. The second-order valence-electron chi connectivity index (χ2n) is 6.21. The van der Waals surface area contributed by atoms with Crippen molar-refractivity contribution in [3.8, 4) is 11.5 Å². The minimum Gasteiger partial charge on any atom is -0.504 e. The number of phenols is 2. The number of carbonyl (C=O) groups excluding carboxylic acids is 2. The summed E-state index contributed by atoms with van der Waals surface area (Å²) in [6.07, 6.45) is 2.13. The lowest BCUT2D eigenvalue weighted by Gasteiger charge is -2.14. The molecule has 2 amide bonds. The number of thioether (sulfide) groups is 1. The summed E-state index contributed by atoms with van der Waals surface area (Å²) in [5.74, 6) is -1.09. The quantitative estimate of drug-likeness (QED) is 0.357. The number of carbonyl (C=O) groups is 2. The first kappa shape index (κ1) is 21.2. The van der Waals surface area contributed by atoms with E-state index in [1.807, 2.05) is 6.07 Å². The number of hydrogen-bond acceptors (Lipinski definition) is 6. The Kier molecular flexibility index (Phi) is 6.79. The van der Waals surface area contributed by atoms with Crippen molar-refractivity contribution in [2.45, 2.75) is 6.42 Å². The van der Waals surface area contributed by atoms with Crippen LogP contribution in [0.3, 0.4) is 0 Å². The molecule has 1 fully saturated rings. The Balaban J connectivity index is 1.56. The number of benzene rings is 2. The van der Waals surface area contributed by atoms with Crippen molar-refractivity contribution < 1.29 is 19.8 Å². The Morgan fingerprint density at radius 2 is 1.97 bits per heavy atom. The van der Waals surface area contributed by atoms with Gasteiger partial charge in [-0.1, -0.05) is 59.8 Å². The van der Waals surface area contributed by atoms with Crippen LogP contribution in [-0.4, -0.2) is 44.3 Å². The highest BCUT2D eigenvalue weighted by Gasteiger charge is 2.33. The number of phenolic OH excluding ortho intramolecular Hbond substituents is 2. The van der Waals surface area contributed by atoms with Gasteiger partial charge in [0.2, 0.25) is 5.91 Å². The lowest BCUT2D eigenvalue weighted by Crippen LogP contribution is -2.40. The highest BCUT2D eigenvalue weighted by atomic mass is 35.5. The predicted molar refractivity (Wildman–Crippen MR) is 118 cm³/mol. The molecule has 6 nitrogen and oxygen atoms in total. The van der Waals surface area contributed by atoms with E-state index < -0.39 is 0 Å². The summed E-state index contributed by atoms with van der Waals surface area (Å²) in [7, 11) is 0. The Bertz CT molecular complexity index is 1010. The molecule has 0 aliphatic carbocycles. The van der Waals surface area contributed by atoms with Gasteiger partial charge in [-0.3, -0.25) is 14.5 Å². The second kappa shape index (κ2) is 9.30. The van der Waals surface area contributed by atoms with Crippen molar-refractivity contribution in [2.75, 3.05) is 13.1 Å². The van der Waals surface area contributed by atoms with Crippen molar-refractivity contribution in [2.24, 2.45) is 0 Å². The molecule has 2 aromatic rings. The summed E-state index contributed by atoms with van der Waals surface area (Å²) >= 11 is 12.5. The van der Waals surface area contributed by atoms with E-state index in [2.05, 4.69) is 5.32 Å². The van der Waals surface area contributed by atoms with E-state index in [4.69, 9.17) is 23.8 Å². The van der Waals surface area contributed by atoms with Crippen LogP contribution in [0.5, 0.6) is 11.5 Å². The van der Waals surface area contributed by atoms with Crippen LogP contribution < -0.4 is 5.32 Å². The first-order chi connectivity index (χ1) is 13.8. The predicted octanol–water partition coefficient (Wildman–Crippen LogP) is 3.31. The summed E-state index contributed by atoms with van der Waals surface area (Å²) in [5, 5.41) is 22.0. The average Bonchev–Trinajstić information content (AvgIpc) is 2.94. The van der Waals surface area contributed by atoms with Crippen molar-refractivity contribution in [3.05, 3.63) is 63.5 Å². The lowest BCUT2D eigenvalue weighted by atomic mass is 10.1. The van der Waals surface area contributed by atoms with E-state index in [1.54, 1.807) is 30.3 Å². The molecule has 1 saturated heterocycles. The minimum atomic E-state index is -0.344. The van der Waals surface area contributed by atoms with Gasteiger partial charge in [-0.15, -0.1) is 0 Å². The van der Waals surface area contributed by atoms with E-state index in [0.717, 1.165) is 17.3 Å². The fourth-order valence-corrected chi connectivity index (χ4v) is 4.08. The molecule has 150 valence electrons. The molecule has 2 aromatic carbocycles. The maximum absolute atomic E-state index is 12.6. The Morgan fingerprint density at radius 1 is 1.21 bits per heavy atom. The van der Waals surface area contributed by atoms with Crippen LogP contribution in [0.4, 0.5) is 0 Å². The third kappa shape index (κ3) is 5.29. The zero-order valence-corrected chi connectivity index (χ0v) is 17.5. The molecule has 0 unspecified atom stereocenters. The van der Waals surface area contributed by atoms with Gasteiger partial charge in [0.1, 0.15) is 10.9 Å². The molecule has 0 aromatic heterocycles. The van der Waals surface area contributed by atoms with Crippen LogP contribution in [-0.2, 0) is 16.0 Å². The largest absolute Gasteiger partial charge is 0.504 e. The summed E-state index contributed by atoms with van der Waals surface area (Å²) in [4.78, 5) is 26.5. The fraction of sp³-hybridized carbons (Fsp3) is 0.150. The number of thiocarbonyl (C=S) groups is 1. The van der Waals surface area contributed by atoms with E-state index in [-0.39, 0.29) is 29.9 Å². The number of nitrogens with zero attached hydrogens (tertiary/aromatic N) is 1. The van der Waals surface area contributed by atoms with Gasteiger partial charge in [-0.05, 0) is 41.8 Å². The number of aromatic hydroxyl groups is 2. The van der Waals surface area contributed by atoms with Gasteiger partial charge in [0, 0.05) is 11.6 Å². The molecule has 29 heavy (non-hydrogen) atoms. The first-order valence-electron chi connectivity index (χ1n) is 8.62. The average molecular weight is 449 g/mol. The van der Waals surface area contributed by atoms with Crippen LogP contribution in [0.15, 0.2) is 47.4 Å². The van der Waals surface area contributed by atoms with E-state index in [1.165, 1.54) is 17.0 Å². The van der Waals surface area contributed by atoms with Crippen LogP contribution in [0.1, 0.15) is 11.1 Å². The maximum atomic E-state index is 12.6. The van der Waals surface area contributed by atoms with Gasteiger partial charge >= 0.3 is 0 Å². The zero-order valence-electron chi connectivity index (χ0n) is 15.1. The van der Waals surface area contributed by atoms with Crippen molar-refractivity contribution >= 4 is 57.8 Å². The molecule has 1 heterocycles. The molecule has 3 N–H and O–H groups in total. The molecule has 1 aliphatic rings. The van der Waals surface area contributed by atoms with Gasteiger partial charge in [0.05, 0.1) is 4.91 Å². The topological polar surface area (TPSA) is 89.9 Å². The van der Waals surface area contributed by atoms with Gasteiger partial charge in [0.15, 0.2) is 11.5 Å². The minimum absolute atomic E-state index is 0.175. The summed E-state index contributed by atoms with van der Waals surface area (Å²) in [5.41, 5.74) is 1.46. The molecule has 0 radical (unpaired) electrons. The van der Waals surface area contributed by atoms with Crippen molar-refractivity contribution in [1.82, 2.24) is 10.2 Å². The molecule has 0 atom stereocenters. The molecule has 0 bridgehead atoms. The van der Waals surface area contributed by atoms with Gasteiger partial charge in [0.25, 0.3) is 5.91 Å². The molecule has 0 spiro atoms. The molecule has 9 heteroatoms. The number of halogens is 1. The van der Waals surface area contributed by atoms with E-state index >= 15 is 0 Å². The monoisotopic (exact) mass is 448 g/mol. The second-order valence-corrected chi connectivity index (χ2v) is 8.30. The van der Waals surface area contributed by atoms with Crippen molar-refractivity contribution in [1.29, 1.82) is 0 Å². The van der Waals surface area contributed by atoms with Crippen LogP contribution in [0.25, 0.3) is 6.08 Å². The van der Waals surface area contributed by atoms with Gasteiger partial charge in [-0.25, -0.2) is 0 Å². The van der Waals surface area contributed by atoms with Gasteiger partial charge in [-0.2, -0.15) is 0 Å². The molecular formula is C20H17ClN2O4S2. The van der Waals surface area contributed by atoms with E-state index in [0.29, 0.717) is 32.8 Å². The fourth-order valence-electron chi connectivity index (χ4n) is 2.64. The highest BCUT2D eigenvalue weighted by molar-refractivity contribution is 8.26. The number of amides is 2. The molecule has 0 saturated carbocycles. The lowest BCUT2D eigenvalue weighted by molar-refractivity contribution is -0.128. The Hall–Kier alpha value is -2.55.